The van der Waals surface area contributed by atoms with Crippen LogP contribution in [0.25, 0.3) is 5.69 Å². The summed E-state index contributed by atoms with van der Waals surface area (Å²) in [5.41, 5.74) is 1.91. The molecule has 6 nitrogen and oxygen atoms in total. The lowest BCUT2D eigenvalue weighted by Crippen LogP contribution is -2.25. The third-order valence-corrected chi connectivity index (χ3v) is 4.55. The van der Waals surface area contributed by atoms with E-state index in [1.165, 1.54) is 10.7 Å². The summed E-state index contributed by atoms with van der Waals surface area (Å²) in [6.45, 7) is 3.95. The quantitative estimate of drug-likeness (QED) is 0.538. The van der Waals surface area contributed by atoms with Crippen LogP contribution < -0.4 is 10.3 Å². The molecule has 0 amide bonds. The number of nitrogens with zero attached hydrogens (tertiary/aromatic N) is 2. The van der Waals surface area contributed by atoms with Crippen LogP contribution in [-0.2, 0) is 11.3 Å². The zero-order chi connectivity index (χ0) is 20.1. The highest BCUT2D eigenvalue weighted by molar-refractivity contribution is 9.10. The van der Waals surface area contributed by atoms with Gasteiger partial charge in [-0.1, -0.05) is 46.3 Å². The summed E-state index contributed by atoms with van der Waals surface area (Å²) in [4.78, 5) is 25.1. The third-order valence-electron chi connectivity index (χ3n) is 4.02. The fraction of sp³-hybridized carbons (Fsp3) is 0.190. The lowest BCUT2D eigenvalue weighted by Gasteiger charge is -2.13. The molecule has 0 fully saturated rings. The third kappa shape index (κ3) is 4.48. The van der Waals surface area contributed by atoms with Gasteiger partial charge in [0, 0.05) is 4.47 Å². The predicted molar refractivity (Wildman–Crippen MR) is 109 cm³/mol. The van der Waals surface area contributed by atoms with Crippen LogP contribution >= 0.6 is 15.9 Å². The number of para-hydroxylation sites is 1. The second kappa shape index (κ2) is 8.84. The monoisotopic (exact) mass is 442 g/mol. The number of ether oxygens (including phenoxy) is 2. The molecule has 3 aromatic rings. The SMILES string of the molecule is CCOC(=O)c1nn(-c2ccccc2C)c(=O)cc1OCc1ccc(Br)cc1. The second-order valence-corrected chi connectivity index (χ2v) is 6.95. The largest absolute Gasteiger partial charge is 0.486 e. The van der Waals surface area contributed by atoms with Gasteiger partial charge < -0.3 is 9.47 Å². The number of aromatic nitrogens is 2. The van der Waals surface area contributed by atoms with Crippen molar-refractivity contribution in [3.8, 4) is 11.4 Å². The van der Waals surface area contributed by atoms with E-state index in [9.17, 15) is 9.59 Å². The Kier molecular flexibility index (Phi) is 6.26. The highest BCUT2D eigenvalue weighted by Crippen LogP contribution is 2.19. The van der Waals surface area contributed by atoms with Crippen LogP contribution in [0.1, 0.15) is 28.5 Å². The van der Waals surface area contributed by atoms with Crippen LogP contribution in [0.4, 0.5) is 0 Å². The van der Waals surface area contributed by atoms with Crippen molar-refractivity contribution < 1.29 is 14.3 Å². The van der Waals surface area contributed by atoms with Crippen molar-refractivity contribution in [1.82, 2.24) is 9.78 Å². The van der Waals surface area contributed by atoms with Gasteiger partial charge in [0.25, 0.3) is 5.56 Å². The van der Waals surface area contributed by atoms with Crippen molar-refractivity contribution in [3.63, 3.8) is 0 Å². The summed E-state index contributed by atoms with van der Waals surface area (Å²) < 4.78 is 13.0. The Morgan fingerprint density at radius 3 is 2.54 bits per heavy atom. The molecule has 1 aromatic heterocycles. The number of halogens is 1. The van der Waals surface area contributed by atoms with Crippen molar-refractivity contribution in [2.75, 3.05) is 6.61 Å². The van der Waals surface area contributed by atoms with E-state index in [2.05, 4.69) is 21.0 Å². The maximum Gasteiger partial charge on any atom is 0.362 e. The van der Waals surface area contributed by atoms with Crippen molar-refractivity contribution in [2.45, 2.75) is 20.5 Å². The molecule has 0 radical (unpaired) electrons. The number of esters is 1. The molecule has 2 aromatic carbocycles. The number of carbonyl (C=O) groups excluding carboxylic acids is 1. The molecule has 0 aliphatic carbocycles. The molecule has 0 aliphatic heterocycles. The molecule has 1 heterocycles. The van der Waals surface area contributed by atoms with Crippen LogP contribution in [0.3, 0.4) is 0 Å². The normalized spacial score (nSPS) is 10.5. The molecule has 0 spiro atoms. The Morgan fingerprint density at radius 2 is 1.86 bits per heavy atom. The van der Waals surface area contributed by atoms with E-state index >= 15 is 0 Å². The van der Waals surface area contributed by atoms with E-state index in [0.29, 0.717) is 5.69 Å². The van der Waals surface area contributed by atoms with Crippen molar-refractivity contribution in [1.29, 1.82) is 0 Å². The predicted octanol–water partition coefficient (Wildman–Crippen LogP) is 4.06. The number of rotatable bonds is 6. The molecule has 0 N–H and O–H groups in total. The highest BCUT2D eigenvalue weighted by Gasteiger charge is 2.20. The fourth-order valence-electron chi connectivity index (χ4n) is 2.61. The summed E-state index contributed by atoms with van der Waals surface area (Å²) in [6, 6.07) is 16.1. The van der Waals surface area contributed by atoms with Gasteiger partial charge in [0.1, 0.15) is 6.61 Å². The Labute approximate surface area is 170 Å². The maximum atomic E-state index is 12.6. The number of aryl methyl sites for hydroxylation is 1. The average molecular weight is 443 g/mol. The standard InChI is InChI=1S/C21H19BrN2O4/c1-3-27-21(26)20-18(28-13-15-8-10-16(22)11-9-15)12-19(25)24(23-20)17-7-5-4-6-14(17)2/h4-12H,3,13H2,1-2H3. The lowest BCUT2D eigenvalue weighted by atomic mass is 10.2. The Balaban J connectivity index is 2.00. The molecule has 0 saturated carbocycles. The molecule has 0 bridgehead atoms. The summed E-state index contributed by atoms with van der Waals surface area (Å²) in [5, 5.41) is 4.25. The molecule has 0 unspecified atom stereocenters. The Bertz CT molecular complexity index is 1050. The minimum atomic E-state index is -0.643. The second-order valence-electron chi connectivity index (χ2n) is 6.03. The van der Waals surface area contributed by atoms with Gasteiger partial charge in [-0.15, -0.1) is 0 Å². The van der Waals surface area contributed by atoms with Crippen LogP contribution in [-0.4, -0.2) is 22.4 Å². The maximum absolute atomic E-state index is 12.6. The van der Waals surface area contributed by atoms with Crippen molar-refractivity contribution in [2.24, 2.45) is 0 Å². The molecular formula is C21H19BrN2O4. The summed E-state index contributed by atoms with van der Waals surface area (Å²) in [5.74, 6) is -0.549. The number of hydrogen-bond donors (Lipinski definition) is 0. The van der Waals surface area contributed by atoms with Crippen molar-refractivity contribution >= 4 is 21.9 Å². The van der Waals surface area contributed by atoms with Gasteiger partial charge in [-0.05, 0) is 43.2 Å². The molecule has 144 valence electrons. The smallest absolute Gasteiger partial charge is 0.362 e. The minimum Gasteiger partial charge on any atom is -0.486 e. The molecule has 0 atom stereocenters. The molecule has 7 heteroatoms. The molecule has 3 rings (SSSR count). The molecule has 28 heavy (non-hydrogen) atoms. The van der Waals surface area contributed by atoms with Gasteiger partial charge in [-0.2, -0.15) is 9.78 Å². The van der Waals surface area contributed by atoms with Gasteiger partial charge in [0.15, 0.2) is 5.75 Å². The van der Waals surface area contributed by atoms with E-state index in [1.807, 2.05) is 43.3 Å². The van der Waals surface area contributed by atoms with E-state index < -0.39 is 11.5 Å². The first kappa shape index (κ1) is 19.8. The summed E-state index contributed by atoms with van der Waals surface area (Å²) >= 11 is 3.38. The molecular weight excluding hydrogens is 424 g/mol. The first-order valence-corrected chi connectivity index (χ1v) is 9.53. The zero-order valence-corrected chi connectivity index (χ0v) is 17.1. The van der Waals surface area contributed by atoms with Gasteiger partial charge in [0.2, 0.25) is 5.69 Å². The highest BCUT2D eigenvalue weighted by atomic mass is 79.9. The number of hydrogen-bond acceptors (Lipinski definition) is 5. The van der Waals surface area contributed by atoms with E-state index in [0.717, 1.165) is 15.6 Å². The van der Waals surface area contributed by atoms with Gasteiger partial charge in [-0.3, -0.25) is 4.79 Å². The Morgan fingerprint density at radius 1 is 1.14 bits per heavy atom. The van der Waals surface area contributed by atoms with Gasteiger partial charge >= 0.3 is 5.97 Å². The van der Waals surface area contributed by atoms with Crippen LogP contribution in [0.5, 0.6) is 5.75 Å². The fourth-order valence-corrected chi connectivity index (χ4v) is 2.87. The summed E-state index contributed by atoms with van der Waals surface area (Å²) in [7, 11) is 0. The average Bonchev–Trinajstić information content (AvgIpc) is 2.68. The topological polar surface area (TPSA) is 70.4 Å². The van der Waals surface area contributed by atoms with E-state index in [4.69, 9.17) is 9.47 Å². The van der Waals surface area contributed by atoms with Gasteiger partial charge in [-0.25, -0.2) is 4.79 Å². The van der Waals surface area contributed by atoms with E-state index in [1.54, 1.807) is 19.1 Å². The van der Waals surface area contributed by atoms with Crippen LogP contribution in [0, 0.1) is 6.92 Å². The minimum absolute atomic E-state index is 0.0400. The number of carbonyl (C=O) groups is 1. The molecule has 0 saturated heterocycles. The lowest BCUT2D eigenvalue weighted by molar-refractivity contribution is 0.0511. The number of benzene rings is 2. The molecule has 0 aliphatic rings. The first-order valence-electron chi connectivity index (χ1n) is 8.74. The Hall–Kier alpha value is -2.93. The van der Waals surface area contributed by atoms with Crippen molar-refractivity contribution in [3.05, 3.63) is 86.2 Å². The summed E-state index contributed by atoms with van der Waals surface area (Å²) in [6.07, 6.45) is 0. The zero-order valence-electron chi connectivity index (χ0n) is 15.5. The van der Waals surface area contributed by atoms with E-state index in [-0.39, 0.29) is 24.7 Å². The van der Waals surface area contributed by atoms with Crippen LogP contribution in [0.2, 0.25) is 0 Å². The first-order chi connectivity index (χ1) is 13.5. The van der Waals surface area contributed by atoms with Crippen LogP contribution in [0.15, 0.2) is 63.9 Å². The van der Waals surface area contributed by atoms with Gasteiger partial charge in [0.05, 0.1) is 18.4 Å².